The topological polar surface area (TPSA) is 123 Å². The molecule has 1 unspecified atom stereocenters. The first-order chi connectivity index (χ1) is 22.1. The first-order valence-electron chi connectivity index (χ1n) is 13.2. The van der Waals surface area contributed by atoms with Crippen molar-refractivity contribution in [1.82, 2.24) is 25.6 Å². The number of rotatable bonds is 8. The van der Waals surface area contributed by atoms with Crippen LogP contribution in [-0.4, -0.2) is 50.3 Å². The molecule has 0 radical (unpaired) electrons. The van der Waals surface area contributed by atoms with Crippen molar-refractivity contribution in [3.05, 3.63) is 83.6 Å². The van der Waals surface area contributed by atoms with Gasteiger partial charge in [-0.2, -0.15) is 4.99 Å². The molecule has 0 saturated carbocycles. The third kappa shape index (κ3) is 8.72. The van der Waals surface area contributed by atoms with E-state index < -0.39 is 36.5 Å². The SMILES string of the molecule is CC(NNC(=O)N=C1SCC(=O)N1c1cc(Cl)ccc1OC(F)(F)F)c1ccc(-c2ncn(-c3ccc(OC(F)(F)F)cc3)n2)cc1. The minimum atomic E-state index is -5.04. The van der Waals surface area contributed by atoms with Gasteiger partial charge in [0.2, 0.25) is 5.91 Å². The number of amides is 3. The van der Waals surface area contributed by atoms with Gasteiger partial charge in [0.25, 0.3) is 0 Å². The molecule has 3 aromatic carbocycles. The molecule has 2 N–H and O–H groups in total. The van der Waals surface area contributed by atoms with E-state index >= 15 is 0 Å². The van der Waals surface area contributed by atoms with Crippen molar-refractivity contribution in [1.29, 1.82) is 0 Å². The van der Waals surface area contributed by atoms with Gasteiger partial charge in [0.15, 0.2) is 16.7 Å². The van der Waals surface area contributed by atoms with Crippen molar-refractivity contribution in [3.63, 3.8) is 0 Å². The number of amidine groups is 1. The number of carbonyl (C=O) groups excluding carboxylic acids is 2. The molecule has 0 spiro atoms. The van der Waals surface area contributed by atoms with Gasteiger partial charge in [-0.25, -0.2) is 19.9 Å². The smallest absolute Gasteiger partial charge is 0.406 e. The number of nitrogens with one attached hydrogen (secondary N) is 2. The molecule has 3 amide bonds. The number of hydrogen-bond donors (Lipinski definition) is 2. The van der Waals surface area contributed by atoms with Crippen LogP contribution in [0.15, 0.2) is 78.0 Å². The van der Waals surface area contributed by atoms with E-state index in [4.69, 9.17) is 11.6 Å². The van der Waals surface area contributed by atoms with E-state index in [1.807, 2.05) is 0 Å². The fourth-order valence-electron chi connectivity index (χ4n) is 4.17. The number of nitrogens with zero attached hydrogens (tertiary/aromatic N) is 5. The highest BCUT2D eigenvalue weighted by Gasteiger charge is 2.37. The molecule has 1 aliphatic heterocycles. The fourth-order valence-corrected chi connectivity index (χ4v) is 5.19. The van der Waals surface area contributed by atoms with Crippen LogP contribution >= 0.6 is 23.4 Å². The zero-order valence-corrected chi connectivity index (χ0v) is 25.2. The van der Waals surface area contributed by atoms with Crippen LogP contribution in [0.3, 0.4) is 0 Å². The van der Waals surface area contributed by atoms with E-state index in [1.165, 1.54) is 23.1 Å². The van der Waals surface area contributed by atoms with Crippen molar-refractivity contribution in [2.45, 2.75) is 25.7 Å². The van der Waals surface area contributed by atoms with Crippen LogP contribution in [-0.2, 0) is 4.79 Å². The minimum Gasteiger partial charge on any atom is -0.406 e. The lowest BCUT2D eigenvalue weighted by atomic mass is 10.1. The minimum absolute atomic E-state index is 0.0295. The highest BCUT2D eigenvalue weighted by molar-refractivity contribution is 8.15. The monoisotopic (exact) mass is 699 g/mol. The van der Waals surface area contributed by atoms with Gasteiger partial charge in [0.1, 0.15) is 12.1 Å². The number of anilines is 1. The summed E-state index contributed by atoms with van der Waals surface area (Å²) in [5.41, 5.74) is 6.62. The predicted molar refractivity (Wildman–Crippen MR) is 159 cm³/mol. The summed E-state index contributed by atoms with van der Waals surface area (Å²) in [6.45, 7) is 1.73. The van der Waals surface area contributed by atoms with Crippen LogP contribution in [0.1, 0.15) is 18.5 Å². The lowest BCUT2D eigenvalue weighted by Gasteiger charge is -2.21. The number of hydrogen-bond acceptors (Lipinski definition) is 8. The lowest BCUT2D eigenvalue weighted by Crippen LogP contribution is -2.39. The van der Waals surface area contributed by atoms with E-state index in [9.17, 15) is 35.9 Å². The van der Waals surface area contributed by atoms with Gasteiger partial charge in [-0.3, -0.25) is 15.1 Å². The van der Waals surface area contributed by atoms with Crippen LogP contribution in [0, 0.1) is 0 Å². The Bertz CT molecular complexity index is 1800. The van der Waals surface area contributed by atoms with Gasteiger partial charge >= 0.3 is 18.8 Å². The average Bonchev–Trinajstić information content (AvgIpc) is 3.63. The normalized spacial score (nSPS) is 15.2. The van der Waals surface area contributed by atoms with Gasteiger partial charge in [0, 0.05) is 16.6 Å². The summed E-state index contributed by atoms with van der Waals surface area (Å²) in [6.07, 6.45) is -8.45. The quantitative estimate of drug-likeness (QED) is 0.152. The molecule has 19 heteroatoms. The van der Waals surface area contributed by atoms with E-state index in [-0.39, 0.29) is 27.4 Å². The first-order valence-corrected chi connectivity index (χ1v) is 14.5. The van der Waals surface area contributed by atoms with Crippen LogP contribution < -0.4 is 25.2 Å². The van der Waals surface area contributed by atoms with Gasteiger partial charge < -0.3 is 9.47 Å². The third-order valence-electron chi connectivity index (χ3n) is 6.24. The van der Waals surface area contributed by atoms with Gasteiger partial charge in [-0.15, -0.1) is 31.4 Å². The van der Waals surface area contributed by atoms with Crippen LogP contribution in [0.4, 0.5) is 36.8 Å². The molecule has 0 bridgehead atoms. The summed E-state index contributed by atoms with van der Waals surface area (Å²) in [5, 5.41) is 4.20. The second-order valence-corrected chi connectivity index (χ2v) is 10.9. The maximum atomic E-state index is 12.9. The van der Waals surface area contributed by atoms with E-state index in [0.717, 1.165) is 52.6 Å². The van der Waals surface area contributed by atoms with Crippen molar-refractivity contribution in [2.24, 2.45) is 4.99 Å². The molecule has 1 fully saturated rings. The van der Waals surface area contributed by atoms with Gasteiger partial charge in [-0.1, -0.05) is 47.6 Å². The molecular weight excluding hydrogens is 680 g/mol. The molecule has 1 aliphatic rings. The number of ether oxygens (including phenoxy) is 2. The molecule has 246 valence electrons. The zero-order chi connectivity index (χ0) is 33.9. The summed E-state index contributed by atoms with van der Waals surface area (Å²) in [4.78, 5) is 34.1. The fraction of sp³-hybridized carbons (Fsp3) is 0.179. The molecule has 5 rings (SSSR count). The Balaban J connectivity index is 1.21. The molecule has 11 nitrogen and oxygen atoms in total. The number of thioether (sulfide) groups is 1. The summed E-state index contributed by atoms with van der Waals surface area (Å²) < 4.78 is 85.3. The number of halogens is 7. The van der Waals surface area contributed by atoms with Crippen molar-refractivity contribution in [2.75, 3.05) is 10.7 Å². The highest BCUT2D eigenvalue weighted by atomic mass is 35.5. The highest BCUT2D eigenvalue weighted by Crippen LogP contribution is 2.39. The number of aromatic nitrogens is 3. The second kappa shape index (κ2) is 13.5. The van der Waals surface area contributed by atoms with Crippen LogP contribution in [0.25, 0.3) is 17.1 Å². The van der Waals surface area contributed by atoms with E-state index in [1.54, 1.807) is 31.2 Å². The first kappa shape index (κ1) is 33.6. The Morgan fingerprint density at radius 3 is 2.34 bits per heavy atom. The van der Waals surface area contributed by atoms with Crippen molar-refractivity contribution in [3.8, 4) is 28.6 Å². The van der Waals surface area contributed by atoms with Crippen LogP contribution in [0.5, 0.6) is 11.5 Å². The zero-order valence-electron chi connectivity index (χ0n) is 23.6. The largest absolute Gasteiger partial charge is 0.573 e. The number of benzene rings is 3. The van der Waals surface area contributed by atoms with Gasteiger partial charge in [-0.05, 0) is 55.0 Å². The molecular formula is C28H20ClF6N7O4S. The number of alkyl halides is 6. The lowest BCUT2D eigenvalue weighted by molar-refractivity contribution is -0.275. The maximum Gasteiger partial charge on any atom is 0.573 e. The van der Waals surface area contributed by atoms with Gasteiger partial charge in [0.05, 0.1) is 17.1 Å². The summed E-state index contributed by atoms with van der Waals surface area (Å²) >= 11 is 6.80. The maximum absolute atomic E-state index is 12.9. The van der Waals surface area contributed by atoms with E-state index in [2.05, 4.69) is 35.4 Å². The summed E-state index contributed by atoms with van der Waals surface area (Å²) in [6, 6.07) is 13.9. The molecule has 1 saturated heterocycles. The molecule has 0 aliphatic carbocycles. The number of aliphatic imine (C=N–C) groups is 1. The van der Waals surface area contributed by atoms with Crippen molar-refractivity contribution < 1.29 is 45.4 Å². The van der Waals surface area contributed by atoms with E-state index in [0.29, 0.717) is 17.1 Å². The number of hydrazine groups is 1. The Labute approximate surface area is 270 Å². The Morgan fingerprint density at radius 1 is 1.00 bits per heavy atom. The third-order valence-corrected chi connectivity index (χ3v) is 7.40. The molecule has 47 heavy (non-hydrogen) atoms. The Hall–Kier alpha value is -4.81. The van der Waals surface area contributed by atoms with Crippen LogP contribution in [0.2, 0.25) is 5.02 Å². The molecule has 1 aromatic heterocycles. The average molecular weight is 700 g/mol. The Morgan fingerprint density at radius 2 is 1.68 bits per heavy atom. The summed E-state index contributed by atoms with van der Waals surface area (Å²) in [5.74, 6) is -1.55. The summed E-state index contributed by atoms with van der Waals surface area (Å²) in [7, 11) is 0. The number of urea groups is 1. The molecule has 2 heterocycles. The predicted octanol–water partition coefficient (Wildman–Crippen LogP) is 6.80. The number of carbonyl (C=O) groups is 2. The second-order valence-electron chi connectivity index (χ2n) is 9.54. The molecule has 1 atom stereocenters. The molecule has 4 aromatic rings. The van der Waals surface area contributed by atoms with Crippen molar-refractivity contribution >= 4 is 46.2 Å². The standard InChI is InChI=1S/C28H20ClF6N7O4S/c1-15(16-2-4-17(5-3-16)24-36-14-41(40-24)19-7-9-20(10-8-19)45-27(30,31)32)38-39-25(44)37-26-42(23(43)13-47-26)21-12-18(29)6-11-22(21)46-28(33,34)35/h2-12,14-15,38H,13H2,1H3,(H,39,44). The Kier molecular flexibility index (Phi) is 9.64.